The molecule has 3 rings (SSSR count). The molecule has 0 aliphatic heterocycles. The largest absolute Gasteiger partial charge is 0.337 e. The lowest BCUT2D eigenvalue weighted by Crippen LogP contribution is -2.49. The molecule has 0 bridgehead atoms. The Bertz CT molecular complexity index is 790. The molecule has 5 heteroatoms. The van der Waals surface area contributed by atoms with Gasteiger partial charge in [-0.1, -0.05) is 43.7 Å². The van der Waals surface area contributed by atoms with Gasteiger partial charge in [-0.25, -0.2) is 0 Å². The van der Waals surface area contributed by atoms with Crippen LogP contribution >= 0.6 is 11.3 Å². The van der Waals surface area contributed by atoms with Crippen LogP contribution in [0.2, 0.25) is 0 Å². The van der Waals surface area contributed by atoms with Gasteiger partial charge in [0.2, 0.25) is 5.91 Å². The van der Waals surface area contributed by atoms with Crippen LogP contribution in [0.3, 0.4) is 0 Å². The highest BCUT2D eigenvalue weighted by Crippen LogP contribution is 2.39. The second kappa shape index (κ2) is 8.69. The van der Waals surface area contributed by atoms with Gasteiger partial charge in [-0.05, 0) is 54.7 Å². The van der Waals surface area contributed by atoms with Gasteiger partial charge in [-0.15, -0.1) is 11.3 Å². The van der Waals surface area contributed by atoms with Gasteiger partial charge >= 0.3 is 0 Å². The maximum absolute atomic E-state index is 12.5. The molecule has 0 radical (unpaired) electrons. The summed E-state index contributed by atoms with van der Waals surface area (Å²) >= 11 is 1.68. The van der Waals surface area contributed by atoms with Crippen molar-refractivity contribution in [3.8, 4) is 6.07 Å². The quantitative estimate of drug-likeness (QED) is 0.684. The summed E-state index contributed by atoms with van der Waals surface area (Å²) in [5.41, 5.74) is 1.73. The second-order valence-corrected chi connectivity index (χ2v) is 8.44. The van der Waals surface area contributed by atoms with Crippen LogP contribution in [0.25, 0.3) is 0 Å². The minimum Gasteiger partial charge on any atom is -0.337 e. The van der Waals surface area contributed by atoms with E-state index in [0.717, 1.165) is 31.2 Å². The Labute approximate surface area is 165 Å². The first-order chi connectivity index (χ1) is 13.1. The SMILES string of the molecule is CCCc1ccc([C@@H](NCC(=O)N[C@](C)(C#N)C2CC2)c2cccs2)cc1. The number of hydrogen-bond donors (Lipinski definition) is 2. The van der Waals surface area contributed by atoms with Gasteiger partial charge < -0.3 is 5.32 Å². The molecule has 2 aromatic rings. The minimum atomic E-state index is -0.751. The maximum atomic E-state index is 12.5. The third-order valence-corrected chi connectivity index (χ3v) is 6.11. The lowest BCUT2D eigenvalue weighted by Gasteiger charge is -2.24. The molecule has 0 spiro atoms. The van der Waals surface area contributed by atoms with Crippen molar-refractivity contribution in [2.24, 2.45) is 5.92 Å². The third kappa shape index (κ3) is 4.97. The van der Waals surface area contributed by atoms with Crippen LogP contribution in [0, 0.1) is 17.2 Å². The van der Waals surface area contributed by atoms with Crippen LogP contribution in [0.1, 0.15) is 55.2 Å². The van der Waals surface area contributed by atoms with Crippen LogP contribution in [0.5, 0.6) is 0 Å². The number of aryl methyl sites for hydroxylation is 1. The van der Waals surface area contributed by atoms with Gasteiger partial charge in [0, 0.05) is 4.88 Å². The molecular formula is C22H27N3OS. The van der Waals surface area contributed by atoms with Crippen LogP contribution in [0.4, 0.5) is 0 Å². The van der Waals surface area contributed by atoms with Gasteiger partial charge in [0.15, 0.2) is 0 Å². The lowest BCUT2D eigenvalue weighted by atomic mass is 9.98. The summed E-state index contributed by atoms with van der Waals surface area (Å²) in [6, 6.07) is 15.0. The number of amides is 1. The number of nitriles is 1. The monoisotopic (exact) mass is 381 g/mol. The van der Waals surface area contributed by atoms with Gasteiger partial charge in [-0.3, -0.25) is 10.1 Å². The molecule has 0 unspecified atom stereocenters. The molecule has 142 valence electrons. The van der Waals surface area contributed by atoms with Crippen LogP contribution in [-0.4, -0.2) is 18.0 Å². The van der Waals surface area contributed by atoms with E-state index in [1.807, 2.05) is 13.0 Å². The zero-order valence-corrected chi connectivity index (χ0v) is 16.8. The Morgan fingerprint density at radius 3 is 2.63 bits per heavy atom. The number of nitrogens with zero attached hydrogens (tertiary/aromatic N) is 1. The fraction of sp³-hybridized carbons (Fsp3) is 0.455. The molecule has 0 saturated heterocycles. The first kappa shape index (κ1) is 19.6. The lowest BCUT2D eigenvalue weighted by molar-refractivity contribution is -0.121. The van der Waals surface area contributed by atoms with E-state index in [-0.39, 0.29) is 24.4 Å². The highest BCUT2D eigenvalue weighted by molar-refractivity contribution is 7.10. The molecule has 1 saturated carbocycles. The minimum absolute atomic E-state index is 0.0271. The fourth-order valence-electron chi connectivity index (χ4n) is 3.41. The number of rotatable bonds is 9. The van der Waals surface area contributed by atoms with E-state index in [2.05, 4.69) is 59.3 Å². The predicted molar refractivity (Wildman–Crippen MR) is 109 cm³/mol. The van der Waals surface area contributed by atoms with E-state index in [0.29, 0.717) is 0 Å². The standard InChI is InChI=1S/C22H27N3OS/c1-3-5-16-7-9-17(10-8-16)21(19-6-4-13-27-19)24-14-20(26)25-22(2,15-23)18-11-12-18/h4,6-10,13,18,21,24H,3,5,11-12,14H2,1-2H3,(H,25,26)/t21-,22-/m1/s1. The zero-order valence-electron chi connectivity index (χ0n) is 16.0. The summed E-state index contributed by atoms with van der Waals surface area (Å²) in [5.74, 6) is 0.153. The van der Waals surface area contributed by atoms with Gasteiger partial charge in [0.05, 0.1) is 18.7 Å². The van der Waals surface area contributed by atoms with Crippen molar-refractivity contribution in [2.45, 2.75) is 51.1 Å². The molecule has 1 aromatic carbocycles. The summed E-state index contributed by atoms with van der Waals surface area (Å²) < 4.78 is 0. The van der Waals surface area contributed by atoms with E-state index in [1.54, 1.807) is 11.3 Å². The van der Waals surface area contributed by atoms with Crippen LogP contribution in [-0.2, 0) is 11.2 Å². The van der Waals surface area contributed by atoms with E-state index < -0.39 is 5.54 Å². The van der Waals surface area contributed by atoms with Crippen LogP contribution < -0.4 is 10.6 Å². The Hall–Kier alpha value is -2.16. The smallest absolute Gasteiger partial charge is 0.235 e. The molecule has 1 aliphatic rings. The highest BCUT2D eigenvalue weighted by atomic mass is 32.1. The van der Waals surface area contributed by atoms with E-state index in [1.165, 1.54) is 10.4 Å². The van der Waals surface area contributed by atoms with Crippen molar-refractivity contribution >= 4 is 17.2 Å². The van der Waals surface area contributed by atoms with Crippen molar-refractivity contribution < 1.29 is 4.79 Å². The fourth-order valence-corrected chi connectivity index (χ4v) is 4.24. The Kier molecular flexibility index (Phi) is 6.30. The first-order valence-electron chi connectivity index (χ1n) is 9.63. The first-order valence-corrected chi connectivity index (χ1v) is 10.5. The van der Waals surface area contributed by atoms with Crippen molar-refractivity contribution in [2.75, 3.05) is 6.54 Å². The Balaban J connectivity index is 1.67. The number of carbonyl (C=O) groups is 1. The molecule has 1 aliphatic carbocycles. The highest BCUT2D eigenvalue weighted by Gasteiger charge is 2.42. The number of carbonyl (C=O) groups excluding carboxylic acids is 1. The molecule has 1 heterocycles. The van der Waals surface area contributed by atoms with Gasteiger partial charge in [0.1, 0.15) is 5.54 Å². The summed E-state index contributed by atoms with van der Waals surface area (Å²) in [6.45, 7) is 4.19. The van der Waals surface area contributed by atoms with Crippen molar-refractivity contribution in [1.82, 2.24) is 10.6 Å². The normalized spacial score (nSPS) is 16.9. The maximum Gasteiger partial charge on any atom is 0.235 e. The molecule has 4 nitrogen and oxygen atoms in total. The topological polar surface area (TPSA) is 64.9 Å². The molecule has 1 amide bonds. The van der Waals surface area contributed by atoms with E-state index in [9.17, 15) is 10.1 Å². The average Bonchev–Trinajstić information content (AvgIpc) is 3.40. The van der Waals surface area contributed by atoms with Crippen molar-refractivity contribution in [3.05, 3.63) is 57.8 Å². The molecular weight excluding hydrogens is 354 g/mol. The van der Waals surface area contributed by atoms with E-state index in [4.69, 9.17) is 0 Å². The Morgan fingerprint density at radius 1 is 1.33 bits per heavy atom. The molecule has 2 N–H and O–H groups in total. The summed E-state index contributed by atoms with van der Waals surface area (Å²) in [6.07, 6.45) is 4.23. The van der Waals surface area contributed by atoms with Gasteiger partial charge in [-0.2, -0.15) is 5.26 Å². The number of hydrogen-bond acceptors (Lipinski definition) is 4. The van der Waals surface area contributed by atoms with Crippen LogP contribution in [0.15, 0.2) is 41.8 Å². The molecule has 1 fully saturated rings. The predicted octanol–water partition coefficient (Wildman–Crippen LogP) is 4.19. The average molecular weight is 382 g/mol. The molecule has 2 atom stereocenters. The molecule has 1 aromatic heterocycles. The zero-order chi connectivity index (χ0) is 19.3. The summed E-state index contributed by atoms with van der Waals surface area (Å²) in [4.78, 5) is 13.7. The number of benzene rings is 1. The van der Waals surface area contributed by atoms with Gasteiger partial charge in [0.25, 0.3) is 0 Å². The Morgan fingerprint density at radius 2 is 2.07 bits per heavy atom. The van der Waals surface area contributed by atoms with Crippen molar-refractivity contribution in [3.63, 3.8) is 0 Å². The summed E-state index contributed by atoms with van der Waals surface area (Å²) in [5, 5.41) is 17.8. The third-order valence-electron chi connectivity index (χ3n) is 5.17. The summed E-state index contributed by atoms with van der Waals surface area (Å²) in [7, 11) is 0. The van der Waals surface area contributed by atoms with E-state index >= 15 is 0 Å². The molecule has 27 heavy (non-hydrogen) atoms. The second-order valence-electron chi connectivity index (χ2n) is 7.46. The van der Waals surface area contributed by atoms with Crippen molar-refractivity contribution in [1.29, 1.82) is 5.26 Å². The number of nitrogens with one attached hydrogen (secondary N) is 2. The number of thiophene rings is 1.